The normalized spacial score (nSPS) is 16.3. The summed E-state index contributed by atoms with van der Waals surface area (Å²) in [7, 11) is -3.26. The van der Waals surface area contributed by atoms with E-state index in [4.69, 9.17) is 5.26 Å². The summed E-state index contributed by atoms with van der Waals surface area (Å²) in [5, 5.41) is 20.1. The second kappa shape index (κ2) is 6.29. The molecule has 22 heavy (non-hydrogen) atoms. The first-order valence-corrected chi connectivity index (χ1v) is 8.60. The van der Waals surface area contributed by atoms with Crippen molar-refractivity contribution in [2.45, 2.75) is 18.9 Å². The molecule has 1 saturated heterocycles. The van der Waals surface area contributed by atoms with E-state index < -0.39 is 14.9 Å². The average Bonchev–Trinajstić information content (AvgIpc) is 2.45. The van der Waals surface area contributed by atoms with E-state index in [0.717, 1.165) is 6.26 Å². The van der Waals surface area contributed by atoms with Crippen molar-refractivity contribution in [2.24, 2.45) is 0 Å². The third-order valence-corrected chi connectivity index (χ3v) is 4.28. The molecule has 0 spiro atoms. The fraction of sp³-hybridized carbons (Fsp3) is 0.462. The first-order chi connectivity index (χ1) is 10.3. The average molecular weight is 324 g/mol. The van der Waals surface area contributed by atoms with E-state index in [1.807, 2.05) is 11.0 Å². The zero-order chi connectivity index (χ0) is 16.3. The predicted molar refractivity (Wildman–Crippen MR) is 81.0 cm³/mol. The van der Waals surface area contributed by atoms with Gasteiger partial charge in [-0.3, -0.25) is 10.1 Å². The summed E-state index contributed by atoms with van der Waals surface area (Å²) >= 11 is 0. The van der Waals surface area contributed by atoms with Crippen LogP contribution in [0.15, 0.2) is 18.2 Å². The highest BCUT2D eigenvalue weighted by atomic mass is 32.2. The maximum Gasteiger partial charge on any atom is 0.292 e. The molecule has 0 aromatic heterocycles. The van der Waals surface area contributed by atoms with E-state index >= 15 is 0 Å². The molecule has 0 bridgehead atoms. The molecule has 1 heterocycles. The Labute approximate surface area is 128 Å². The van der Waals surface area contributed by atoms with Gasteiger partial charge in [0.05, 0.1) is 22.8 Å². The number of piperidine rings is 1. The largest absolute Gasteiger partial charge is 0.366 e. The Morgan fingerprint density at radius 2 is 2.05 bits per heavy atom. The van der Waals surface area contributed by atoms with Crippen LogP contribution < -0.4 is 9.62 Å². The molecule has 0 radical (unpaired) electrons. The van der Waals surface area contributed by atoms with E-state index in [0.29, 0.717) is 37.2 Å². The number of rotatable bonds is 4. The molecule has 0 aliphatic carbocycles. The fourth-order valence-electron chi connectivity index (χ4n) is 2.54. The highest BCUT2D eigenvalue weighted by molar-refractivity contribution is 7.88. The zero-order valence-electron chi connectivity index (χ0n) is 12.0. The van der Waals surface area contributed by atoms with E-state index in [2.05, 4.69) is 4.72 Å². The van der Waals surface area contributed by atoms with Gasteiger partial charge >= 0.3 is 0 Å². The van der Waals surface area contributed by atoms with Gasteiger partial charge in [-0.15, -0.1) is 0 Å². The van der Waals surface area contributed by atoms with E-state index in [9.17, 15) is 18.5 Å². The summed E-state index contributed by atoms with van der Waals surface area (Å²) in [4.78, 5) is 12.5. The molecule has 1 fully saturated rings. The minimum Gasteiger partial charge on any atom is -0.366 e. The molecule has 1 N–H and O–H groups in total. The predicted octanol–water partition coefficient (Wildman–Crippen LogP) is 0.984. The minimum absolute atomic E-state index is 0.0477. The highest BCUT2D eigenvalue weighted by Crippen LogP contribution is 2.31. The Balaban J connectivity index is 2.17. The van der Waals surface area contributed by atoms with Gasteiger partial charge in [-0.25, -0.2) is 13.1 Å². The second-order valence-corrected chi connectivity index (χ2v) is 7.00. The van der Waals surface area contributed by atoms with E-state index in [1.54, 1.807) is 0 Å². The third-order valence-electron chi connectivity index (χ3n) is 3.52. The number of sulfonamides is 1. The van der Waals surface area contributed by atoms with Crippen LogP contribution in [0, 0.1) is 21.4 Å². The highest BCUT2D eigenvalue weighted by Gasteiger charge is 2.26. The number of benzene rings is 1. The number of nitro benzene ring substituents is 1. The fourth-order valence-corrected chi connectivity index (χ4v) is 3.38. The molecule has 0 unspecified atom stereocenters. The molecule has 1 aliphatic heterocycles. The van der Waals surface area contributed by atoms with Gasteiger partial charge < -0.3 is 4.90 Å². The van der Waals surface area contributed by atoms with Crippen LogP contribution in [0.2, 0.25) is 0 Å². The van der Waals surface area contributed by atoms with Crippen molar-refractivity contribution in [3.05, 3.63) is 33.9 Å². The van der Waals surface area contributed by atoms with Gasteiger partial charge in [0.2, 0.25) is 10.0 Å². The smallest absolute Gasteiger partial charge is 0.292 e. The number of anilines is 1. The number of hydrogen-bond donors (Lipinski definition) is 1. The quantitative estimate of drug-likeness (QED) is 0.652. The monoisotopic (exact) mass is 324 g/mol. The van der Waals surface area contributed by atoms with Crippen LogP contribution in [0.3, 0.4) is 0 Å². The summed E-state index contributed by atoms with van der Waals surface area (Å²) in [6, 6.07) is 6.06. The zero-order valence-corrected chi connectivity index (χ0v) is 12.8. The first-order valence-electron chi connectivity index (χ1n) is 6.71. The Hall–Kier alpha value is -2.18. The summed E-state index contributed by atoms with van der Waals surface area (Å²) in [5.41, 5.74) is 0.715. The first kappa shape index (κ1) is 16.2. The number of nitro groups is 1. The maximum absolute atomic E-state index is 11.2. The van der Waals surface area contributed by atoms with Crippen molar-refractivity contribution >= 4 is 21.4 Å². The lowest BCUT2D eigenvalue weighted by atomic mass is 10.0. The van der Waals surface area contributed by atoms with Gasteiger partial charge in [-0.2, -0.15) is 5.26 Å². The Kier molecular flexibility index (Phi) is 4.63. The van der Waals surface area contributed by atoms with Crippen molar-refractivity contribution in [1.29, 1.82) is 5.26 Å². The van der Waals surface area contributed by atoms with Crippen molar-refractivity contribution in [3.63, 3.8) is 0 Å². The molecule has 1 aromatic rings. The summed E-state index contributed by atoms with van der Waals surface area (Å²) in [6.45, 7) is 0.978. The summed E-state index contributed by atoms with van der Waals surface area (Å²) in [5.74, 6) is 0. The number of nitriles is 1. The van der Waals surface area contributed by atoms with Crippen LogP contribution in [-0.4, -0.2) is 38.7 Å². The lowest BCUT2D eigenvalue weighted by Crippen LogP contribution is -2.44. The number of nitrogens with zero attached hydrogens (tertiary/aromatic N) is 3. The Morgan fingerprint density at radius 1 is 1.41 bits per heavy atom. The molecule has 0 atom stereocenters. The van der Waals surface area contributed by atoms with Crippen molar-refractivity contribution in [1.82, 2.24) is 4.72 Å². The van der Waals surface area contributed by atoms with Crippen LogP contribution in [0.4, 0.5) is 11.4 Å². The third kappa shape index (κ3) is 3.93. The Morgan fingerprint density at radius 3 is 2.55 bits per heavy atom. The standard InChI is InChI=1S/C13H16N4O4S/c1-22(20,21)15-11-4-6-16(7-5-11)13-8-10(9-14)2-3-12(13)17(18)19/h2-3,8,11,15H,4-7H2,1H3. The molecule has 0 saturated carbocycles. The van der Waals surface area contributed by atoms with Gasteiger partial charge in [0.25, 0.3) is 5.69 Å². The number of hydrogen-bond acceptors (Lipinski definition) is 6. The van der Waals surface area contributed by atoms with Crippen LogP contribution in [0.25, 0.3) is 0 Å². The minimum atomic E-state index is -3.26. The van der Waals surface area contributed by atoms with Crippen molar-refractivity contribution in [2.75, 3.05) is 24.2 Å². The van der Waals surface area contributed by atoms with Crippen LogP contribution >= 0.6 is 0 Å². The maximum atomic E-state index is 11.2. The van der Waals surface area contributed by atoms with Gasteiger partial charge in [-0.05, 0) is 25.0 Å². The molecular weight excluding hydrogens is 308 g/mol. The van der Waals surface area contributed by atoms with Gasteiger partial charge in [0.1, 0.15) is 5.69 Å². The molecule has 9 heteroatoms. The van der Waals surface area contributed by atoms with Gasteiger partial charge in [-0.1, -0.05) is 0 Å². The topological polar surface area (TPSA) is 116 Å². The van der Waals surface area contributed by atoms with Gasteiger partial charge in [0.15, 0.2) is 0 Å². The molecule has 118 valence electrons. The molecule has 2 rings (SSSR count). The molecule has 0 amide bonds. The van der Waals surface area contributed by atoms with Crippen molar-refractivity contribution in [3.8, 4) is 6.07 Å². The lowest BCUT2D eigenvalue weighted by Gasteiger charge is -2.33. The lowest BCUT2D eigenvalue weighted by molar-refractivity contribution is -0.384. The number of nitrogens with one attached hydrogen (secondary N) is 1. The molecule has 1 aromatic carbocycles. The van der Waals surface area contributed by atoms with E-state index in [1.165, 1.54) is 18.2 Å². The van der Waals surface area contributed by atoms with Crippen LogP contribution in [-0.2, 0) is 10.0 Å². The van der Waals surface area contributed by atoms with Gasteiger partial charge in [0, 0.05) is 25.2 Å². The van der Waals surface area contributed by atoms with E-state index in [-0.39, 0.29) is 11.7 Å². The molecular formula is C13H16N4O4S. The molecule has 8 nitrogen and oxygen atoms in total. The molecule has 1 aliphatic rings. The van der Waals surface area contributed by atoms with Crippen molar-refractivity contribution < 1.29 is 13.3 Å². The van der Waals surface area contributed by atoms with Crippen LogP contribution in [0.1, 0.15) is 18.4 Å². The van der Waals surface area contributed by atoms with Crippen LogP contribution in [0.5, 0.6) is 0 Å². The summed E-state index contributed by atoms with van der Waals surface area (Å²) < 4.78 is 25.0. The Bertz CT molecular complexity index is 718. The summed E-state index contributed by atoms with van der Waals surface area (Å²) in [6.07, 6.45) is 2.22. The SMILES string of the molecule is CS(=O)(=O)NC1CCN(c2cc(C#N)ccc2[N+](=O)[O-])CC1. The second-order valence-electron chi connectivity index (χ2n) is 5.22.